The largest absolute Gasteiger partial charge is 0.491 e. The van der Waals surface area contributed by atoms with Crippen molar-refractivity contribution < 1.29 is 14.3 Å². The molecule has 4 rings (SSSR count). The topological polar surface area (TPSA) is 58.6 Å². The second kappa shape index (κ2) is 9.18. The first-order valence-corrected chi connectivity index (χ1v) is 11.5. The lowest BCUT2D eigenvalue weighted by molar-refractivity contribution is -0.120. The van der Waals surface area contributed by atoms with Crippen molar-refractivity contribution >= 4 is 28.8 Å². The van der Waals surface area contributed by atoms with Crippen molar-refractivity contribution in [3.05, 3.63) is 94.2 Å². The van der Waals surface area contributed by atoms with Gasteiger partial charge in [0.2, 0.25) is 0 Å². The monoisotopic (exact) mass is 454 g/mol. The molecule has 1 aliphatic heterocycles. The number of carbonyl (C=O) groups is 2. The van der Waals surface area contributed by atoms with Crippen molar-refractivity contribution in [1.29, 1.82) is 0 Å². The molecule has 0 saturated heterocycles. The van der Waals surface area contributed by atoms with Crippen molar-refractivity contribution in [2.45, 2.75) is 47.6 Å². The fraction of sp³-hybridized carbons (Fsp3) is 0.241. The third kappa shape index (κ3) is 4.34. The van der Waals surface area contributed by atoms with Crippen LogP contribution >= 0.6 is 0 Å². The van der Waals surface area contributed by atoms with Crippen LogP contribution in [-0.2, 0) is 9.59 Å². The highest BCUT2D eigenvalue weighted by Gasteiger charge is 2.41. The van der Waals surface area contributed by atoms with Gasteiger partial charge in [0.1, 0.15) is 11.4 Å². The first-order valence-electron chi connectivity index (χ1n) is 11.5. The van der Waals surface area contributed by atoms with Gasteiger partial charge in [-0.1, -0.05) is 42.0 Å². The molecule has 0 bridgehead atoms. The number of aryl methyl sites for hydroxylation is 3. The number of amides is 2. The number of hydrogen-bond acceptors (Lipinski definition) is 4. The van der Waals surface area contributed by atoms with Gasteiger partial charge in [-0.25, -0.2) is 4.90 Å². The van der Waals surface area contributed by atoms with Crippen LogP contribution in [0, 0.1) is 27.7 Å². The summed E-state index contributed by atoms with van der Waals surface area (Å²) in [6, 6.07) is 18.9. The molecule has 0 radical (unpaired) electrons. The Morgan fingerprint density at radius 2 is 1.53 bits per heavy atom. The van der Waals surface area contributed by atoms with Crippen molar-refractivity contribution in [3.8, 4) is 5.75 Å². The van der Waals surface area contributed by atoms with Crippen LogP contribution in [0.5, 0.6) is 5.75 Å². The number of carbonyl (C=O) groups excluding carboxylic acids is 2. The lowest BCUT2D eigenvalue weighted by Crippen LogP contribution is -2.33. The van der Waals surface area contributed by atoms with Crippen molar-refractivity contribution in [2.75, 3.05) is 10.2 Å². The molecule has 0 atom stereocenters. The van der Waals surface area contributed by atoms with E-state index < -0.39 is 0 Å². The molecule has 34 heavy (non-hydrogen) atoms. The third-order valence-corrected chi connectivity index (χ3v) is 6.06. The van der Waals surface area contributed by atoms with Crippen molar-refractivity contribution in [2.24, 2.45) is 0 Å². The average molecular weight is 455 g/mol. The Kier molecular flexibility index (Phi) is 6.29. The first kappa shape index (κ1) is 23.3. The highest BCUT2D eigenvalue weighted by molar-refractivity contribution is 6.46. The molecule has 0 aliphatic carbocycles. The zero-order valence-electron chi connectivity index (χ0n) is 20.5. The molecule has 2 amide bonds. The van der Waals surface area contributed by atoms with E-state index in [0.29, 0.717) is 22.6 Å². The van der Waals surface area contributed by atoms with Gasteiger partial charge in [0.05, 0.1) is 17.4 Å². The SMILES string of the molecule is Cc1ccc(N2C(=O)C(Nc3cccc(C)c3C)=C(c3ccc(OC(C)C)cc3)C2=O)c(C)c1. The number of nitrogens with zero attached hydrogens (tertiary/aromatic N) is 1. The van der Waals surface area contributed by atoms with Gasteiger partial charge >= 0.3 is 0 Å². The molecular weight excluding hydrogens is 424 g/mol. The summed E-state index contributed by atoms with van der Waals surface area (Å²) in [4.78, 5) is 28.7. The Morgan fingerprint density at radius 3 is 2.18 bits per heavy atom. The van der Waals surface area contributed by atoms with Gasteiger partial charge in [-0.2, -0.15) is 0 Å². The number of imide groups is 1. The molecule has 0 saturated carbocycles. The molecule has 0 fully saturated rings. The summed E-state index contributed by atoms with van der Waals surface area (Å²) in [6.45, 7) is 11.8. The van der Waals surface area contributed by atoms with Crippen LogP contribution in [0.2, 0.25) is 0 Å². The highest BCUT2D eigenvalue weighted by Crippen LogP contribution is 2.36. The Hall–Kier alpha value is -3.86. The summed E-state index contributed by atoms with van der Waals surface area (Å²) in [5.74, 6) is 0.00375. The lowest BCUT2D eigenvalue weighted by Gasteiger charge is -2.18. The molecule has 1 N–H and O–H groups in total. The van der Waals surface area contributed by atoms with Gasteiger partial charge < -0.3 is 10.1 Å². The minimum absolute atomic E-state index is 0.0429. The first-order chi connectivity index (χ1) is 16.2. The van der Waals surface area contributed by atoms with Crippen molar-refractivity contribution in [3.63, 3.8) is 0 Å². The molecule has 0 unspecified atom stereocenters. The molecule has 0 aromatic heterocycles. The lowest BCUT2D eigenvalue weighted by atomic mass is 10.0. The zero-order valence-corrected chi connectivity index (χ0v) is 20.5. The smallest absolute Gasteiger partial charge is 0.282 e. The molecule has 0 spiro atoms. The zero-order chi connectivity index (χ0) is 24.6. The Labute approximate surface area is 201 Å². The van der Waals surface area contributed by atoms with Crippen LogP contribution in [0.3, 0.4) is 0 Å². The summed E-state index contributed by atoms with van der Waals surface area (Å²) in [7, 11) is 0. The number of anilines is 2. The van der Waals surface area contributed by atoms with Crippen LogP contribution < -0.4 is 15.0 Å². The van der Waals surface area contributed by atoms with E-state index in [2.05, 4.69) is 5.32 Å². The van der Waals surface area contributed by atoms with Crippen LogP contribution in [0.1, 0.15) is 41.7 Å². The second-order valence-electron chi connectivity index (χ2n) is 9.05. The summed E-state index contributed by atoms with van der Waals surface area (Å²) < 4.78 is 5.75. The van der Waals surface area contributed by atoms with Gasteiger partial charge in [-0.05, 0) is 88.1 Å². The van der Waals surface area contributed by atoms with Gasteiger partial charge in [-0.3, -0.25) is 9.59 Å². The predicted molar refractivity (Wildman–Crippen MR) is 137 cm³/mol. The molecule has 3 aromatic carbocycles. The number of ether oxygens (including phenoxy) is 1. The average Bonchev–Trinajstić information content (AvgIpc) is 3.01. The molecule has 1 aliphatic rings. The third-order valence-electron chi connectivity index (χ3n) is 6.06. The van der Waals surface area contributed by atoms with Gasteiger partial charge in [0.15, 0.2) is 0 Å². The van der Waals surface area contributed by atoms with Crippen LogP contribution in [0.15, 0.2) is 66.4 Å². The molecule has 5 heteroatoms. The molecule has 5 nitrogen and oxygen atoms in total. The quantitative estimate of drug-likeness (QED) is 0.457. The van der Waals surface area contributed by atoms with E-state index in [9.17, 15) is 9.59 Å². The van der Waals surface area contributed by atoms with Gasteiger partial charge in [0.25, 0.3) is 11.8 Å². The van der Waals surface area contributed by atoms with Crippen LogP contribution in [0.25, 0.3) is 5.57 Å². The minimum Gasteiger partial charge on any atom is -0.491 e. The van der Waals surface area contributed by atoms with E-state index in [1.54, 1.807) is 0 Å². The normalized spacial score (nSPS) is 13.8. The maximum absolute atomic E-state index is 13.7. The van der Waals surface area contributed by atoms with Gasteiger partial charge in [-0.15, -0.1) is 0 Å². The maximum atomic E-state index is 13.7. The van der Waals surface area contributed by atoms with E-state index in [-0.39, 0.29) is 23.6 Å². The number of benzene rings is 3. The predicted octanol–water partition coefficient (Wildman–Crippen LogP) is 6.10. The Morgan fingerprint density at radius 1 is 0.824 bits per heavy atom. The molecule has 3 aromatic rings. The summed E-state index contributed by atoms with van der Waals surface area (Å²) in [6.07, 6.45) is 0.0429. The number of hydrogen-bond donors (Lipinski definition) is 1. The Bertz CT molecular complexity index is 1300. The molecule has 1 heterocycles. The van der Waals surface area contributed by atoms with Crippen molar-refractivity contribution in [1.82, 2.24) is 0 Å². The standard InChI is InChI=1S/C29H30N2O3/c1-17(2)34-23-13-11-22(12-14-23)26-27(30-24-9-7-8-19(4)21(24)6)29(33)31(28(26)32)25-15-10-18(3)16-20(25)5/h7-17,30H,1-6H3. The summed E-state index contributed by atoms with van der Waals surface area (Å²) in [5, 5.41) is 3.29. The minimum atomic E-state index is -0.365. The van der Waals surface area contributed by atoms with E-state index in [1.165, 1.54) is 4.90 Å². The summed E-state index contributed by atoms with van der Waals surface area (Å²) >= 11 is 0. The van der Waals surface area contributed by atoms with Gasteiger partial charge in [0, 0.05) is 5.69 Å². The second-order valence-corrected chi connectivity index (χ2v) is 9.05. The number of nitrogens with one attached hydrogen (secondary N) is 1. The van der Waals surface area contributed by atoms with Crippen LogP contribution in [0.4, 0.5) is 11.4 Å². The van der Waals surface area contributed by atoms with E-state index in [1.807, 2.05) is 102 Å². The Balaban J connectivity index is 1.83. The maximum Gasteiger partial charge on any atom is 0.282 e. The fourth-order valence-electron chi connectivity index (χ4n) is 4.18. The number of rotatable bonds is 6. The highest BCUT2D eigenvalue weighted by atomic mass is 16.5. The van der Waals surface area contributed by atoms with Crippen LogP contribution in [-0.4, -0.2) is 17.9 Å². The van der Waals surface area contributed by atoms with E-state index >= 15 is 0 Å². The molecular formula is C29H30N2O3. The molecule has 174 valence electrons. The van der Waals surface area contributed by atoms with E-state index in [0.717, 1.165) is 27.9 Å². The van der Waals surface area contributed by atoms with E-state index in [4.69, 9.17) is 4.74 Å². The fourth-order valence-corrected chi connectivity index (χ4v) is 4.18. The summed E-state index contributed by atoms with van der Waals surface area (Å²) in [5.41, 5.74) is 6.75.